The molecule has 100 valence electrons. The van der Waals surface area contributed by atoms with Crippen LogP contribution in [0.5, 0.6) is 0 Å². The van der Waals surface area contributed by atoms with Crippen LogP contribution >= 0.6 is 11.8 Å². The Hall–Kier alpha value is -1.67. The van der Waals surface area contributed by atoms with E-state index in [9.17, 15) is 4.79 Å². The van der Waals surface area contributed by atoms with Crippen molar-refractivity contribution in [1.29, 1.82) is 5.26 Å². The van der Waals surface area contributed by atoms with E-state index >= 15 is 0 Å². The molecule has 19 heavy (non-hydrogen) atoms. The highest BCUT2D eigenvalue weighted by Gasteiger charge is 2.19. The van der Waals surface area contributed by atoms with Gasteiger partial charge >= 0.3 is 0 Å². The van der Waals surface area contributed by atoms with Crippen molar-refractivity contribution in [1.82, 2.24) is 4.98 Å². The summed E-state index contributed by atoms with van der Waals surface area (Å²) >= 11 is 1.48. The summed E-state index contributed by atoms with van der Waals surface area (Å²) in [6.45, 7) is 1.99. The highest BCUT2D eigenvalue weighted by molar-refractivity contribution is 8.08. The SMILES string of the molecule is CCS/C(=C(\C#N)C(N)=O)c1cc2c([nH]1)CCCC2. The van der Waals surface area contributed by atoms with E-state index in [0.29, 0.717) is 4.91 Å². The van der Waals surface area contributed by atoms with E-state index in [1.807, 2.05) is 13.0 Å². The predicted molar refractivity (Wildman–Crippen MR) is 77.3 cm³/mol. The zero-order valence-corrected chi connectivity index (χ0v) is 11.8. The lowest BCUT2D eigenvalue weighted by molar-refractivity contribution is -0.114. The molecule has 1 aromatic heterocycles. The third kappa shape index (κ3) is 2.85. The molecule has 0 atom stereocenters. The number of amides is 1. The Morgan fingerprint density at radius 1 is 1.53 bits per heavy atom. The minimum absolute atomic E-state index is 0.0467. The zero-order valence-electron chi connectivity index (χ0n) is 11.0. The highest BCUT2D eigenvalue weighted by Crippen LogP contribution is 2.33. The summed E-state index contributed by atoms with van der Waals surface area (Å²) in [5.74, 6) is 0.128. The Bertz CT molecular complexity index is 542. The van der Waals surface area contributed by atoms with Gasteiger partial charge in [0, 0.05) is 5.69 Å². The summed E-state index contributed by atoms with van der Waals surface area (Å²) in [5.41, 5.74) is 8.73. The quantitative estimate of drug-likeness (QED) is 0.653. The van der Waals surface area contributed by atoms with E-state index in [0.717, 1.165) is 24.3 Å². The van der Waals surface area contributed by atoms with Crippen LogP contribution in [0.3, 0.4) is 0 Å². The van der Waals surface area contributed by atoms with E-state index in [1.54, 1.807) is 0 Å². The Morgan fingerprint density at radius 2 is 2.26 bits per heavy atom. The van der Waals surface area contributed by atoms with Gasteiger partial charge in [-0.05, 0) is 43.1 Å². The van der Waals surface area contributed by atoms with Crippen molar-refractivity contribution in [3.05, 3.63) is 28.6 Å². The molecule has 1 amide bonds. The monoisotopic (exact) mass is 275 g/mol. The summed E-state index contributed by atoms with van der Waals surface area (Å²) in [6, 6.07) is 3.99. The van der Waals surface area contributed by atoms with Gasteiger partial charge in [-0.25, -0.2) is 0 Å². The second kappa shape index (κ2) is 5.98. The Balaban J connectivity index is 2.48. The first-order chi connectivity index (χ1) is 9.17. The number of carbonyl (C=O) groups is 1. The Labute approximate surface area is 117 Å². The summed E-state index contributed by atoms with van der Waals surface area (Å²) < 4.78 is 0. The number of aryl methyl sites for hydroxylation is 2. The van der Waals surface area contributed by atoms with Crippen molar-refractivity contribution in [2.24, 2.45) is 5.73 Å². The van der Waals surface area contributed by atoms with Crippen LogP contribution in [0.25, 0.3) is 4.91 Å². The summed E-state index contributed by atoms with van der Waals surface area (Å²) in [7, 11) is 0. The van der Waals surface area contributed by atoms with Gasteiger partial charge in [-0.2, -0.15) is 5.26 Å². The number of carbonyl (C=O) groups excluding carboxylic acids is 1. The number of hydrogen-bond donors (Lipinski definition) is 2. The van der Waals surface area contributed by atoms with Crippen LogP contribution in [-0.4, -0.2) is 16.6 Å². The molecule has 1 aliphatic rings. The molecule has 1 heterocycles. The number of nitrogens with two attached hydrogens (primary N) is 1. The van der Waals surface area contributed by atoms with Crippen LogP contribution in [0.2, 0.25) is 0 Å². The number of primary amides is 1. The van der Waals surface area contributed by atoms with E-state index in [2.05, 4.69) is 11.1 Å². The maximum Gasteiger partial charge on any atom is 0.260 e. The normalized spacial score (nSPS) is 15.4. The van der Waals surface area contributed by atoms with Gasteiger partial charge in [0.15, 0.2) is 0 Å². The van der Waals surface area contributed by atoms with E-state index < -0.39 is 5.91 Å². The molecule has 1 aliphatic carbocycles. The van der Waals surface area contributed by atoms with Crippen LogP contribution in [0.15, 0.2) is 11.6 Å². The molecule has 0 radical (unpaired) electrons. The molecule has 5 heteroatoms. The number of H-pyrrole nitrogens is 1. The number of nitriles is 1. The van der Waals surface area contributed by atoms with Gasteiger partial charge in [-0.15, -0.1) is 11.8 Å². The number of rotatable bonds is 4. The second-order valence-electron chi connectivity index (χ2n) is 4.51. The first kappa shape index (κ1) is 13.8. The minimum Gasteiger partial charge on any atom is -0.365 e. The zero-order chi connectivity index (χ0) is 13.8. The second-order valence-corrected chi connectivity index (χ2v) is 5.78. The fraction of sp³-hybridized carbons (Fsp3) is 0.429. The summed E-state index contributed by atoms with van der Waals surface area (Å²) in [6.07, 6.45) is 4.49. The average Bonchev–Trinajstić information content (AvgIpc) is 2.81. The van der Waals surface area contributed by atoms with Gasteiger partial charge in [0.25, 0.3) is 5.91 Å². The first-order valence-electron chi connectivity index (χ1n) is 6.45. The van der Waals surface area contributed by atoms with Gasteiger partial charge in [0.05, 0.1) is 10.6 Å². The number of aromatic amines is 1. The summed E-state index contributed by atoms with van der Waals surface area (Å²) in [5, 5.41) is 9.12. The number of fused-ring (bicyclic) bond motifs is 1. The number of nitrogens with zero attached hydrogens (tertiary/aromatic N) is 1. The summed E-state index contributed by atoms with van der Waals surface area (Å²) in [4.78, 5) is 15.4. The Morgan fingerprint density at radius 3 is 2.84 bits per heavy atom. The number of thioether (sulfide) groups is 1. The van der Waals surface area contributed by atoms with Crippen molar-refractivity contribution in [3.63, 3.8) is 0 Å². The largest absolute Gasteiger partial charge is 0.365 e. The molecule has 3 N–H and O–H groups in total. The lowest BCUT2D eigenvalue weighted by atomic mass is 9.98. The molecule has 4 nitrogen and oxygen atoms in total. The van der Waals surface area contributed by atoms with Gasteiger partial charge in [-0.3, -0.25) is 4.79 Å². The van der Waals surface area contributed by atoms with Crippen LogP contribution < -0.4 is 5.73 Å². The topological polar surface area (TPSA) is 82.7 Å². The van der Waals surface area contributed by atoms with Gasteiger partial charge in [-0.1, -0.05) is 6.92 Å². The molecule has 0 unspecified atom stereocenters. The van der Waals surface area contributed by atoms with Crippen LogP contribution in [0.4, 0.5) is 0 Å². The Kier molecular flexibility index (Phi) is 4.33. The molecule has 1 aromatic rings. The molecular formula is C14H17N3OS. The number of hydrogen-bond acceptors (Lipinski definition) is 3. The molecule has 0 spiro atoms. The molecule has 0 saturated carbocycles. The number of nitrogens with one attached hydrogen (secondary N) is 1. The maximum absolute atomic E-state index is 11.4. The smallest absolute Gasteiger partial charge is 0.260 e. The van der Waals surface area contributed by atoms with Crippen LogP contribution in [-0.2, 0) is 17.6 Å². The minimum atomic E-state index is -0.661. The van der Waals surface area contributed by atoms with Crippen molar-refractivity contribution in [2.75, 3.05) is 5.75 Å². The van der Waals surface area contributed by atoms with Crippen molar-refractivity contribution in [3.8, 4) is 6.07 Å². The third-order valence-electron chi connectivity index (χ3n) is 3.23. The highest BCUT2D eigenvalue weighted by atomic mass is 32.2. The van der Waals surface area contributed by atoms with E-state index in [-0.39, 0.29) is 5.57 Å². The van der Waals surface area contributed by atoms with Crippen molar-refractivity contribution >= 4 is 22.6 Å². The molecule has 0 aromatic carbocycles. The predicted octanol–water partition coefficient (Wildman–Crippen LogP) is 2.37. The molecular weight excluding hydrogens is 258 g/mol. The van der Waals surface area contributed by atoms with Crippen LogP contribution in [0, 0.1) is 11.3 Å². The van der Waals surface area contributed by atoms with Gasteiger partial charge < -0.3 is 10.7 Å². The molecule has 2 rings (SSSR count). The standard InChI is InChI=1S/C14H17N3OS/c1-2-19-13(10(8-15)14(16)18)12-7-9-5-3-4-6-11(9)17-12/h7,17H,2-6H2,1H3,(H2,16,18)/b13-10+. The van der Waals surface area contributed by atoms with E-state index in [4.69, 9.17) is 11.0 Å². The molecule has 0 bridgehead atoms. The van der Waals surface area contributed by atoms with Crippen molar-refractivity contribution in [2.45, 2.75) is 32.6 Å². The maximum atomic E-state index is 11.4. The molecule has 0 aliphatic heterocycles. The van der Waals surface area contributed by atoms with E-state index in [1.165, 1.54) is 35.9 Å². The van der Waals surface area contributed by atoms with Gasteiger partial charge in [0.1, 0.15) is 11.6 Å². The molecule has 0 saturated heterocycles. The first-order valence-corrected chi connectivity index (χ1v) is 7.44. The van der Waals surface area contributed by atoms with Crippen molar-refractivity contribution < 1.29 is 4.79 Å². The fourth-order valence-corrected chi connectivity index (χ4v) is 3.22. The lowest BCUT2D eigenvalue weighted by Crippen LogP contribution is -2.14. The number of aromatic nitrogens is 1. The lowest BCUT2D eigenvalue weighted by Gasteiger charge is -2.09. The van der Waals surface area contributed by atoms with Gasteiger partial charge in [0.2, 0.25) is 0 Å². The third-order valence-corrected chi connectivity index (χ3v) is 4.23. The fourth-order valence-electron chi connectivity index (χ4n) is 2.37. The van der Waals surface area contributed by atoms with Crippen LogP contribution in [0.1, 0.15) is 36.7 Å². The average molecular weight is 275 g/mol. The molecule has 0 fully saturated rings.